The van der Waals surface area contributed by atoms with Crippen LogP contribution >= 0.6 is 11.8 Å². The van der Waals surface area contributed by atoms with Crippen molar-refractivity contribution < 1.29 is 0 Å². The molecular weight excluding hydrogens is 316 g/mol. The standard InChI is InChI=1S/C19H30N4S/c1-3-20-19(21-11-4-7-14-24-2)22-16-17-9-8-10-18(15-17)23-12-5-6-13-23/h5-6,8-10,15H,3-4,7,11-14,16H2,1-2H3,(H2,20,21,22). The highest BCUT2D eigenvalue weighted by atomic mass is 32.2. The second kappa shape index (κ2) is 11.0. The quantitative estimate of drug-likeness (QED) is 0.312. The molecule has 5 heteroatoms. The minimum atomic E-state index is 0.704. The van der Waals surface area contributed by atoms with E-state index in [1.165, 1.54) is 29.8 Å². The molecule has 0 spiro atoms. The lowest BCUT2D eigenvalue weighted by molar-refractivity contribution is 0.734. The maximum Gasteiger partial charge on any atom is 0.191 e. The van der Waals surface area contributed by atoms with Crippen LogP contribution in [0.4, 0.5) is 5.69 Å². The Hall–Kier alpha value is -1.62. The number of benzene rings is 1. The van der Waals surface area contributed by atoms with Gasteiger partial charge >= 0.3 is 0 Å². The summed E-state index contributed by atoms with van der Waals surface area (Å²) in [6.07, 6.45) is 9.03. The van der Waals surface area contributed by atoms with Crippen molar-refractivity contribution in [1.82, 2.24) is 10.6 Å². The minimum absolute atomic E-state index is 0.704. The summed E-state index contributed by atoms with van der Waals surface area (Å²) in [4.78, 5) is 7.09. The molecule has 1 heterocycles. The number of nitrogens with one attached hydrogen (secondary N) is 2. The number of hydrogen-bond donors (Lipinski definition) is 2. The second-order valence-corrected chi connectivity index (χ2v) is 6.85. The van der Waals surface area contributed by atoms with Gasteiger partial charge in [0, 0.05) is 31.9 Å². The van der Waals surface area contributed by atoms with E-state index in [0.717, 1.165) is 32.1 Å². The average Bonchev–Trinajstić information content (AvgIpc) is 3.14. The molecule has 2 rings (SSSR count). The molecule has 4 nitrogen and oxygen atoms in total. The summed E-state index contributed by atoms with van der Waals surface area (Å²) >= 11 is 1.91. The lowest BCUT2D eigenvalue weighted by Gasteiger charge is -2.18. The zero-order valence-corrected chi connectivity index (χ0v) is 15.7. The molecule has 0 aromatic heterocycles. The first kappa shape index (κ1) is 18.7. The van der Waals surface area contributed by atoms with E-state index in [0.29, 0.717) is 6.54 Å². The van der Waals surface area contributed by atoms with Gasteiger partial charge in [-0.15, -0.1) is 0 Å². The fourth-order valence-electron chi connectivity index (χ4n) is 2.63. The van der Waals surface area contributed by atoms with E-state index >= 15 is 0 Å². The molecule has 1 aliphatic heterocycles. The van der Waals surface area contributed by atoms with Gasteiger partial charge in [0.25, 0.3) is 0 Å². The Labute approximate surface area is 150 Å². The zero-order valence-electron chi connectivity index (χ0n) is 14.9. The molecule has 0 amide bonds. The van der Waals surface area contributed by atoms with Crippen LogP contribution in [0.15, 0.2) is 41.4 Å². The van der Waals surface area contributed by atoms with Crippen molar-refractivity contribution in [2.75, 3.05) is 43.1 Å². The second-order valence-electron chi connectivity index (χ2n) is 5.87. The molecule has 132 valence electrons. The molecule has 1 aromatic rings. The van der Waals surface area contributed by atoms with Gasteiger partial charge in [-0.3, -0.25) is 0 Å². The molecule has 0 unspecified atom stereocenters. The van der Waals surface area contributed by atoms with Crippen LogP contribution in [-0.2, 0) is 6.54 Å². The van der Waals surface area contributed by atoms with Crippen LogP contribution in [0.3, 0.4) is 0 Å². The Morgan fingerprint density at radius 1 is 1.21 bits per heavy atom. The predicted molar refractivity (Wildman–Crippen MR) is 108 cm³/mol. The van der Waals surface area contributed by atoms with Crippen molar-refractivity contribution in [2.24, 2.45) is 4.99 Å². The zero-order chi connectivity index (χ0) is 17.0. The van der Waals surface area contributed by atoms with Gasteiger partial charge in [0.05, 0.1) is 6.54 Å². The van der Waals surface area contributed by atoms with Crippen LogP contribution in [0, 0.1) is 0 Å². The predicted octanol–water partition coefficient (Wildman–Crippen LogP) is 3.26. The largest absolute Gasteiger partial charge is 0.364 e. The van der Waals surface area contributed by atoms with Crippen LogP contribution in [0.25, 0.3) is 0 Å². The molecule has 0 saturated carbocycles. The van der Waals surface area contributed by atoms with Crippen molar-refractivity contribution in [2.45, 2.75) is 26.3 Å². The molecule has 0 fully saturated rings. The number of nitrogens with zero attached hydrogens (tertiary/aromatic N) is 2. The Bertz CT molecular complexity index is 534. The number of hydrogen-bond acceptors (Lipinski definition) is 3. The van der Waals surface area contributed by atoms with Gasteiger partial charge in [-0.2, -0.15) is 11.8 Å². The van der Waals surface area contributed by atoms with Gasteiger partial charge in [0.1, 0.15) is 0 Å². The first-order valence-corrected chi connectivity index (χ1v) is 10.2. The lowest BCUT2D eigenvalue weighted by Crippen LogP contribution is -2.37. The molecule has 0 atom stereocenters. The Morgan fingerprint density at radius 3 is 2.79 bits per heavy atom. The summed E-state index contributed by atoms with van der Waals surface area (Å²) in [6, 6.07) is 8.70. The van der Waals surface area contributed by atoms with Gasteiger partial charge in [-0.1, -0.05) is 24.3 Å². The summed E-state index contributed by atoms with van der Waals surface area (Å²) in [6.45, 7) is 6.68. The highest BCUT2D eigenvalue weighted by Crippen LogP contribution is 2.18. The summed E-state index contributed by atoms with van der Waals surface area (Å²) in [5.74, 6) is 2.14. The molecule has 0 saturated heterocycles. The van der Waals surface area contributed by atoms with E-state index in [2.05, 4.69) is 65.1 Å². The summed E-state index contributed by atoms with van der Waals surface area (Å²) in [7, 11) is 0. The van der Waals surface area contributed by atoms with Crippen LogP contribution in [0.2, 0.25) is 0 Å². The van der Waals surface area contributed by atoms with Crippen molar-refractivity contribution in [1.29, 1.82) is 0 Å². The maximum absolute atomic E-state index is 4.72. The minimum Gasteiger partial charge on any atom is -0.364 e. The summed E-state index contributed by atoms with van der Waals surface area (Å²) in [5.41, 5.74) is 2.53. The smallest absolute Gasteiger partial charge is 0.191 e. The molecule has 24 heavy (non-hydrogen) atoms. The van der Waals surface area contributed by atoms with E-state index < -0.39 is 0 Å². The number of thioether (sulfide) groups is 1. The fourth-order valence-corrected chi connectivity index (χ4v) is 3.12. The van der Waals surface area contributed by atoms with Crippen LogP contribution in [0.5, 0.6) is 0 Å². The first-order chi connectivity index (χ1) is 11.8. The number of aliphatic imine (C=N–C) groups is 1. The molecule has 1 aliphatic rings. The monoisotopic (exact) mass is 346 g/mol. The van der Waals surface area contributed by atoms with Crippen LogP contribution in [0.1, 0.15) is 25.3 Å². The van der Waals surface area contributed by atoms with Gasteiger partial charge in [-0.05, 0) is 49.5 Å². The highest BCUT2D eigenvalue weighted by Gasteiger charge is 2.07. The van der Waals surface area contributed by atoms with E-state index in [-0.39, 0.29) is 0 Å². The highest BCUT2D eigenvalue weighted by molar-refractivity contribution is 7.98. The maximum atomic E-state index is 4.72. The van der Waals surface area contributed by atoms with Gasteiger partial charge in [0.15, 0.2) is 5.96 Å². The van der Waals surface area contributed by atoms with Crippen molar-refractivity contribution >= 4 is 23.4 Å². The molecule has 1 aromatic carbocycles. The molecular formula is C19H30N4S. The average molecular weight is 347 g/mol. The Kier molecular flexibility index (Phi) is 8.60. The Morgan fingerprint density at radius 2 is 2.04 bits per heavy atom. The summed E-state index contributed by atoms with van der Waals surface area (Å²) < 4.78 is 0. The van der Waals surface area contributed by atoms with Gasteiger partial charge < -0.3 is 15.5 Å². The van der Waals surface area contributed by atoms with E-state index in [1.54, 1.807) is 0 Å². The van der Waals surface area contributed by atoms with Crippen LogP contribution in [-0.4, -0.2) is 44.1 Å². The van der Waals surface area contributed by atoms with E-state index in [9.17, 15) is 0 Å². The summed E-state index contributed by atoms with van der Waals surface area (Å²) in [5, 5.41) is 6.76. The van der Waals surface area contributed by atoms with E-state index in [1.807, 2.05) is 11.8 Å². The van der Waals surface area contributed by atoms with Crippen molar-refractivity contribution in [3.63, 3.8) is 0 Å². The number of rotatable bonds is 9. The van der Waals surface area contributed by atoms with E-state index in [4.69, 9.17) is 4.99 Å². The third kappa shape index (κ3) is 6.48. The molecule has 0 radical (unpaired) electrons. The van der Waals surface area contributed by atoms with Crippen molar-refractivity contribution in [3.8, 4) is 0 Å². The van der Waals surface area contributed by atoms with Crippen LogP contribution < -0.4 is 15.5 Å². The van der Waals surface area contributed by atoms with Crippen molar-refractivity contribution in [3.05, 3.63) is 42.0 Å². The molecule has 2 N–H and O–H groups in total. The SMILES string of the molecule is CCNC(=NCc1cccc(N2CC=CC2)c1)NCCCCSC. The normalized spacial score (nSPS) is 14.2. The fraction of sp³-hybridized carbons (Fsp3) is 0.526. The third-order valence-corrected chi connectivity index (χ3v) is 4.62. The lowest BCUT2D eigenvalue weighted by atomic mass is 10.2. The topological polar surface area (TPSA) is 39.7 Å². The number of anilines is 1. The van der Waals surface area contributed by atoms with Gasteiger partial charge in [0.2, 0.25) is 0 Å². The number of unbranched alkanes of at least 4 members (excludes halogenated alkanes) is 1. The first-order valence-electron chi connectivity index (χ1n) is 8.83. The van der Waals surface area contributed by atoms with Gasteiger partial charge in [-0.25, -0.2) is 4.99 Å². The molecule has 0 bridgehead atoms. The third-order valence-electron chi connectivity index (χ3n) is 3.93. The molecule has 0 aliphatic carbocycles. The number of guanidine groups is 1. The Balaban J connectivity index is 1.86.